The van der Waals surface area contributed by atoms with Gasteiger partial charge in [-0.3, -0.25) is 14.3 Å². The molecule has 3 heterocycles. The fourth-order valence-electron chi connectivity index (χ4n) is 3.56. The molecule has 1 aliphatic heterocycles. The summed E-state index contributed by atoms with van der Waals surface area (Å²) in [5.41, 5.74) is 1.76. The molecule has 1 saturated heterocycles. The Labute approximate surface area is 161 Å². The van der Waals surface area contributed by atoms with E-state index < -0.39 is 15.7 Å². The van der Waals surface area contributed by atoms with Gasteiger partial charge in [0.15, 0.2) is 21.0 Å². The van der Waals surface area contributed by atoms with E-state index in [4.69, 9.17) is 4.42 Å². The Kier molecular flexibility index (Phi) is 4.34. The Morgan fingerprint density at radius 2 is 2.04 bits per heavy atom. The van der Waals surface area contributed by atoms with E-state index >= 15 is 0 Å². The minimum Gasteiger partial charge on any atom is -0.451 e. The Morgan fingerprint density at radius 3 is 2.75 bits per heavy atom. The molecule has 1 fully saturated rings. The summed E-state index contributed by atoms with van der Waals surface area (Å²) in [7, 11) is -3.05. The van der Waals surface area contributed by atoms with E-state index in [0.717, 1.165) is 6.07 Å². The smallest absolute Gasteiger partial charge is 0.291 e. The first kappa shape index (κ1) is 18.4. The molecule has 9 heteroatoms. The SMILES string of the molecule is Cc1nn(C2CCS(=O)(=O)C2)c(C)c1NC(=O)c1cc(=O)c2ccccc2o1. The number of hydrogen-bond donors (Lipinski definition) is 1. The highest BCUT2D eigenvalue weighted by atomic mass is 32.2. The summed E-state index contributed by atoms with van der Waals surface area (Å²) < 4.78 is 30.8. The number of sulfone groups is 1. The van der Waals surface area contributed by atoms with Crippen LogP contribution < -0.4 is 10.7 Å². The number of fused-ring (bicyclic) bond motifs is 1. The maximum absolute atomic E-state index is 12.7. The van der Waals surface area contributed by atoms with Crippen molar-refractivity contribution in [2.24, 2.45) is 0 Å². The first-order valence-corrected chi connectivity index (χ1v) is 10.7. The molecule has 0 saturated carbocycles. The van der Waals surface area contributed by atoms with E-state index in [1.54, 1.807) is 42.8 Å². The van der Waals surface area contributed by atoms with Gasteiger partial charge in [-0.05, 0) is 32.4 Å². The largest absolute Gasteiger partial charge is 0.451 e. The number of benzene rings is 1. The molecule has 8 nitrogen and oxygen atoms in total. The van der Waals surface area contributed by atoms with Crippen LogP contribution in [0.15, 0.2) is 39.5 Å². The molecule has 146 valence electrons. The number of nitrogens with zero attached hydrogens (tertiary/aromatic N) is 2. The van der Waals surface area contributed by atoms with Gasteiger partial charge in [-0.2, -0.15) is 5.10 Å². The van der Waals surface area contributed by atoms with Crippen molar-refractivity contribution < 1.29 is 17.6 Å². The van der Waals surface area contributed by atoms with Gasteiger partial charge in [0.25, 0.3) is 5.91 Å². The Balaban J connectivity index is 1.65. The number of aromatic nitrogens is 2. The van der Waals surface area contributed by atoms with Gasteiger partial charge in [0.2, 0.25) is 0 Å². The Hall–Kier alpha value is -2.94. The highest BCUT2D eigenvalue weighted by Gasteiger charge is 2.31. The minimum atomic E-state index is -3.05. The molecule has 1 aliphatic rings. The lowest BCUT2D eigenvalue weighted by molar-refractivity contribution is 0.0997. The van der Waals surface area contributed by atoms with Crippen molar-refractivity contribution in [3.63, 3.8) is 0 Å². The van der Waals surface area contributed by atoms with Crippen LogP contribution in [0.2, 0.25) is 0 Å². The number of para-hydroxylation sites is 1. The lowest BCUT2D eigenvalue weighted by Gasteiger charge is -2.11. The van der Waals surface area contributed by atoms with Crippen molar-refractivity contribution in [2.45, 2.75) is 26.3 Å². The molecule has 0 spiro atoms. The third-order valence-electron chi connectivity index (χ3n) is 4.98. The molecular weight excluding hydrogens is 382 g/mol. The highest BCUT2D eigenvalue weighted by molar-refractivity contribution is 7.91. The van der Waals surface area contributed by atoms with Crippen LogP contribution in [0.4, 0.5) is 5.69 Å². The molecule has 2 aromatic heterocycles. The van der Waals surface area contributed by atoms with Crippen LogP contribution in [-0.4, -0.2) is 35.6 Å². The lowest BCUT2D eigenvalue weighted by atomic mass is 10.2. The van der Waals surface area contributed by atoms with Gasteiger partial charge in [0.05, 0.1) is 40.0 Å². The normalized spacial score (nSPS) is 18.4. The summed E-state index contributed by atoms with van der Waals surface area (Å²) in [6.45, 7) is 3.51. The van der Waals surface area contributed by atoms with Gasteiger partial charge in [0.1, 0.15) is 5.58 Å². The number of rotatable bonds is 3. The third kappa shape index (κ3) is 3.22. The lowest BCUT2D eigenvalue weighted by Crippen LogP contribution is -2.17. The van der Waals surface area contributed by atoms with Crippen molar-refractivity contribution in [3.8, 4) is 0 Å². The molecule has 1 aromatic carbocycles. The van der Waals surface area contributed by atoms with E-state index in [-0.39, 0.29) is 28.7 Å². The quantitative estimate of drug-likeness (QED) is 0.720. The average Bonchev–Trinajstić information content (AvgIpc) is 3.15. The number of amides is 1. The van der Waals surface area contributed by atoms with Gasteiger partial charge in [0, 0.05) is 6.07 Å². The van der Waals surface area contributed by atoms with E-state index in [0.29, 0.717) is 34.5 Å². The average molecular weight is 401 g/mol. The second-order valence-corrected chi connectivity index (χ2v) is 9.20. The zero-order valence-corrected chi connectivity index (χ0v) is 16.2. The predicted molar refractivity (Wildman–Crippen MR) is 104 cm³/mol. The fourth-order valence-corrected chi connectivity index (χ4v) is 5.25. The van der Waals surface area contributed by atoms with Crippen LogP contribution in [0.3, 0.4) is 0 Å². The molecule has 1 N–H and O–H groups in total. The van der Waals surface area contributed by atoms with Gasteiger partial charge in [-0.15, -0.1) is 0 Å². The van der Waals surface area contributed by atoms with Crippen LogP contribution in [0, 0.1) is 13.8 Å². The van der Waals surface area contributed by atoms with E-state index in [2.05, 4.69) is 10.4 Å². The van der Waals surface area contributed by atoms with Crippen LogP contribution in [0.25, 0.3) is 11.0 Å². The molecule has 0 bridgehead atoms. The molecule has 28 heavy (non-hydrogen) atoms. The van der Waals surface area contributed by atoms with E-state index in [1.165, 1.54) is 0 Å². The number of anilines is 1. The van der Waals surface area contributed by atoms with Gasteiger partial charge < -0.3 is 9.73 Å². The van der Waals surface area contributed by atoms with Gasteiger partial charge >= 0.3 is 0 Å². The maximum Gasteiger partial charge on any atom is 0.291 e. The standard InChI is InChI=1S/C19H19N3O5S/c1-11-18(12(2)22(21-11)13-7-8-28(25,26)10-13)20-19(24)17-9-15(23)14-5-3-4-6-16(14)27-17/h3-6,9,13H,7-8,10H2,1-2H3,(H,20,24). The van der Waals surface area contributed by atoms with Crippen LogP contribution in [-0.2, 0) is 9.84 Å². The van der Waals surface area contributed by atoms with Crippen molar-refractivity contribution in [2.75, 3.05) is 16.8 Å². The van der Waals surface area contributed by atoms with Crippen molar-refractivity contribution >= 4 is 32.4 Å². The highest BCUT2D eigenvalue weighted by Crippen LogP contribution is 2.29. The topological polar surface area (TPSA) is 111 Å². The summed E-state index contributed by atoms with van der Waals surface area (Å²) in [6, 6.07) is 7.63. The van der Waals surface area contributed by atoms with Crippen molar-refractivity contribution in [3.05, 3.63) is 57.7 Å². The molecular formula is C19H19N3O5S. The van der Waals surface area contributed by atoms with Gasteiger partial charge in [-0.25, -0.2) is 8.42 Å². The summed E-state index contributed by atoms with van der Waals surface area (Å²) >= 11 is 0. The zero-order chi connectivity index (χ0) is 20.1. The predicted octanol–water partition coefficient (Wildman–Crippen LogP) is 2.22. The molecule has 0 radical (unpaired) electrons. The summed E-state index contributed by atoms with van der Waals surface area (Å²) in [5.74, 6) is -0.478. The van der Waals surface area contributed by atoms with Crippen molar-refractivity contribution in [1.82, 2.24) is 9.78 Å². The maximum atomic E-state index is 12.7. The summed E-state index contributed by atoms with van der Waals surface area (Å²) in [5, 5.41) is 7.57. The number of carbonyl (C=O) groups excluding carboxylic acids is 1. The van der Waals surface area contributed by atoms with Gasteiger partial charge in [-0.1, -0.05) is 12.1 Å². The van der Waals surface area contributed by atoms with Crippen LogP contribution >= 0.6 is 0 Å². The zero-order valence-electron chi connectivity index (χ0n) is 15.4. The molecule has 3 aromatic rings. The fraction of sp³-hybridized carbons (Fsp3) is 0.316. The molecule has 4 rings (SSSR count). The molecule has 0 aliphatic carbocycles. The van der Waals surface area contributed by atoms with E-state index in [9.17, 15) is 18.0 Å². The first-order chi connectivity index (χ1) is 13.2. The van der Waals surface area contributed by atoms with Crippen LogP contribution in [0.5, 0.6) is 0 Å². The van der Waals surface area contributed by atoms with Crippen molar-refractivity contribution in [1.29, 1.82) is 0 Å². The first-order valence-electron chi connectivity index (χ1n) is 8.85. The second kappa shape index (κ2) is 6.59. The second-order valence-electron chi connectivity index (χ2n) is 6.97. The minimum absolute atomic E-state index is 0.0435. The molecule has 1 atom stereocenters. The monoisotopic (exact) mass is 401 g/mol. The van der Waals surface area contributed by atoms with E-state index in [1.807, 2.05) is 0 Å². The molecule has 1 amide bonds. The molecule has 1 unspecified atom stereocenters. The Morgan fingerprint density at radius 1 is 1.29 bits per heavy atom. The number of carbonyl (C=O) groups is 1. The number of aryl methyl sites for hydroxylation is 1. The number of hydrogen-bond acceptors (Lipinski definition) is 6. The Bertz CT molecular complexity index is 1260. The van der Waals surface area contributed by atoms with Crippen LogP contribution in [0.1, 0.15) is 34.4 Å². The summed E-state index contributed by atoms with van der Waals surface area (Å²) in [6.07, 6.45) is 0.497. The third-order valence-corrected chi connectivity index (χ3v) is 6.73. The number of nitrogens with one attached hydrogen (secondary N) is 1. The summed E-state index contributed by atoms with van der Waals surface area (Å²) in [4.78, 5) is 24.9.